The number of nitrogens with one attached hydrogen (secondary N) is 1. The van der Waals surface area contributed by atoms with Crippen LogP contribution in [0.1, 0.15) is 32.4 Å². The zero-order valence-corrected chi connectivity index (χ0v) is 12.9. The lowest BCUT2D eigenvalue weighted by Crippen LogP contribution is -2.20. The molecule has 0 aliphatic carbocycles. The van der Waals surface area contributed by atoms with Crippen molar-refractivity contribution in [3.05, 3.63) is 11.1 Å². The van der Waals surface area contributed by atoms with Crippen LogP contribution in [0.15, 0.2) is 5.38 Å². The smallest absolute Gasteiger partial charge is 0.306 e. The van der Waals surface area contributed by atoms with Crippen LogP contribution in [0.5, 0.6) is 0 Å². The number of carbonyl (C=O) groups excluding carboxylic acids is 1. The van der Waals surface area contributed by atoms with E-state index in [0.29, 0.717) is 31.5 Å². The van der Waals surface area contributed by atoms with E-state index >= 15 is 0 Å². The Morgan fingerprint density at radius 2 is 2.50 bits per heavy atom. The quantitative estimate of drug-likeness (QED) is 0.784. The van der Waals surface area contributed by atoms with Gasteiger partial charge in [-0.2, -0.15) is 0 Å². The number of aryl methyl sites for hydroxylation is 1. The molecule has 6 heteroatoms. The van der Waals surface area contributed by atoms with Crippen molar-refractivity contribution in [1.29, 1.82) is 0 Å². The summed E-state index contributed by atoms with van der Waals surface area (Å²) in [7, 11) is 0. The average Bonchev–Trinajstić information content (AvgIpc) is 3.03. The van der Waals surface area contributed by atoms with E-state index in [1.54, 1.807) is 11.3 Å². The van der Waals surface area contributed by atoms with Crippen LogP contribution in [0.4, 0.5) is 5.13 Å². The zero-order chi connectivity index (χ0) is 14.4. The topological polar surface area (TPSA) is 60.5 Å². The first-order chi connectivity index (χ1) is 9.69. The molecule has 112 valence electrons. The first kappa shape index (κ1) is 15.3. The third kappa shape index (κ3) is 4.45. The van der Waals surface area contributed by atoms with Gasteiger partial charge in [-0.3, -0.25) is 4.79 Å². The van der Waals surface area contributed by atoms with Crippen LogP contribution in [-0.2, 0) is 20.7 Å². The summed E-state index contributed by atoms with van der Waals surface area (Å²) < 4.78 is 10.4. The number of aromatic nitrogens is 1. The highest BCUT2D eigenvalue weighted by molar-refractivity contribution is 7.13. The second kappa shape index (κ2) is 7.59. The van der Waals surface area contributed by atoms with Gasteiger partial charge in [0, 0.05) is 30.9 Å². The van der Waals surface area contributed by atoms with E-state index in [0.717, 1.165) is 30.4 Å². The summed E-state index contributed by atoms with van der Waals surface area (Å²) in [6.07, 6.45) is 2.46. The van der Waals surface area contributed by atoms with Gasteiger partial charge in [0.15, 0.2) is 5.13 Å². The van der Waals surface area contributed by atoms with Gasteiger partial charge < -0.3 is 14.8 Å². The first-order valence-corrected chi connectivity index (χ1v) is 8.02. The molecule has 1 saturated heterocycles. The summed E-state index contributed by atoms with van der Waals surface area (Å²) in [6.45, 7) is 6.12. The highest BCUT2D eigenvalue weighted by atomic mass is 32.1. The summed E-state index contributed by atoms with van der Waals surface area (Å²) in [5, 5.41) is 6.28. The lowest BCUT2D eigenvalue weighted by atomic mass is 10.0. The van der Waals surface area contributed by atoms with Gasteiger partial charge in [0.25, 0.3) is 0 Å². The minimum atomic E-state index is -0.160. The predicted octanol–water partition coefficient (Wildman–Crippen LogP) is 2.48. The molecule has 2 heterocycles. The molecule has 1 aliphatic heterocycles. The lowest BCUT2D eigenvalue weighted by Gasteiger charge is -2.13. The van der Waals surface area contributed by atoms with Crippen molar-refractivity contribution in [2.75, 3.05) is 25.1 Å². The van der Waals surface area contributed by atoms with Gasteiger partial charge in [0.1, 0.15) is 0 Å². The lowest BCUT2D eigenvalue weighted by molar-refractivity contribution is -0.143. The number of ether oxygens (including phenoxy) is 2. The molecule has 0 bridgehead atoms. The Bertz CT molecular complexity index is 436. The number of nitrogens with zero attached hydrogens (tertiary/aromatic N) is 1. The van der Waals surface area contributed by atoms with Gasteiger partial charge in [-0.05, 0) is 20.3 Å². The molecule has 0 saturated carbocycles. The predicted molar refractivity (Wildman–Crippen MR) is 79.1 cm³/mol. The van der Waals surface area contributed by atoms with Crippen LogP contribution in [0.3, 0.4) is 0 Å². The van der Waals surface area contributed by atoms with Gasteiger partial charge in [-0.25, -0.2) is 4.98 Å². The van der Waals surface area contributed by atoms with Gasteiger partial charge in [0.2, 0.25) is 0 Å². The van der Waals surface area contributed by atoms with Crippen LogP contribution in [0.2, 0.25) is 0 Å². The highest BCUT2D eigenvalue weighted by Crippen LogP contribution is 2.22. The fraction of sp³-hybridized carbons (Fsp3) is 0.714. The Hall–Kier alpha value is -1.14. The number of carbonyl (C=O) groups is 1. The standard InChI is InChI=1S/C14H22N2O3S/c1-3-18-13(17)5-4-12-9-20-14(16-12)15-8-11-6-7-19-10(11)2/h9-11H,3-8H2,1-2H3,(H,15,16). The number of hydrogen-bond acceptors (Lipinski definition) is 6. The van der Waals surface area contributed by atoms with Crippen molar-refractivity contribution in [2.45, 2.75) is 39.2 Å². The molecule has 5 nitrogen and oxygen atoms in total. The maximum Gasteiger partial charge on any atom is 0.306 e. The van der Waals surface area contributed by atoms with Crippen molar-refractivity contribution in [3.63, 3.8) is 0 Å². The minimum absolute atomic E-state index is 0.160. The van der Waals surface area contributed by atoms with Gasteiger partial charge in [0.05, 0.1) is 24.8 Å². The minimum Gasteiger partial charge on any atom is -0.466 e. The van der Waals surface area contributed by atoms with E-state index in [2.05, 4.69) is 17.2 Å². The maximum absolute atomic E-state index is 11.3. The van der Waals surface area contributed by atoms with Crippen LogP contribution in [0, 0.1) is 5.92 Å². The van der Waals surface area contributed by atoms with Crippen LogP contribution >= 0.6 is 11.3 Å². The SMILES string of the molecule is CCOC(=O)CCc1csc(NCC2CCOC2C)n1. The van der Waals surface area contributed by atoms with E-state index in [9.17, 15) is 4.79 Å². The number of anilines is 1. The van der Waals surface area contributed by atoms with E-state index in [1.807, 2.05) is 12.3 Å². The molecule has 20 heavy (non-hydrogen) atoms. The van der Waals surface area contributed by atoms with Crippen molar-refractivity contribution < 1.29 is 14.3 Å². The Labute approximate surface area is 123 Å². The second-order valence-electron chi connectivity index (χ2n) is 4.95. The largest absolute Gasteiger partial charge is 0.466 e. The van der Waals surface area contributed by atoms with Crippen LogP contribution in [0.25, 0.3) is 0 Å². The second-order valence-corrected chi connectivity index (χ2v) is 5.81. The Balaban J connectivity index is 1.73. The average molecular weight is 298 g/mol. The normalized spacial score (nSPS) is 21.9. The van der Waals surface area contributed by atoms with E-state index < -0.39 is 0 Å². The molecular weight excluding hydrogens is 276 g/mol. The number of esters is 1. The van der Waals surface area contributed by atoms with Gasteiger partial charge in [-0.15, -0.1) is 11.3 Å². The monoisotopic (exact) mass is 298 g/mol. The van der Waals surface area contributed by atoms with Crippen molar-refractivity contribution in [1.82, 2.24) is 4.98 Å². The summed E-state index contributed by atoms with van der Waals surface area (Å²) in [5.41, 5.74) is 0.946. The molecule has 0 amide bonds. The summed E-state index contributed by atoms with van der Waals surface area (Å²) in [4.78, 5) is 15.8. The van der Waals surface area contributed by atoms with Crippen LogP contribution in [-0.4, -0.2) is 36.8 Å². The molecule has 2 atom stereocenters. The third-order valence-electron chi connectivity index (χ3n) is 3.49. The van der Waals surface area contributed by atoms with Gasteiger partial charge in [-0.1, -0.05) is 0 Å². The Morgan fingerprint density at radius 3 is 3.20 bits per heavy atom. The number of hydrogen-bond donors (Lipinski definition) is 1. The summed E-state index contributed by atoms with van der Waals surface area (Å²) in [6, 6.07) is 0. The van der Waals surface area contributed by atoms with Crippen molar-refractivity contribution >= 4 is 22.4 Å². The van der Waals surface area contributed by atoms with Crippen LogP contribution < -0.4 is 5.32 Å². The van der Waals surface area contributed by atoms with Crippen molar-refractivity contribution in [2.24, 2.45) is 5.92 Å². The highest BCUT2D eigenvalue weighted by Gasteiger charge is 2.23. The molecule has 1 aliphatic rings. The summed E-state index contributed by atoms with van der Waals surface area (Å²) in [5.74, 6) is 0.397. The molecule has 0 spiro atoms. The van der Waals surface area contributed by atoms with Crippen molar-refractivity contribution in [3.8, 4) is 0 Å². The molecule has 0 aromatic carbocycles. The zero-order valence-electron chi connectivity index (χ0n) is 12.1. The third-order valence-corrected chi connectivity index (χ3v) is 4.34. The molecule has 2 rings (SSSR count). The fourth-order valence-electron chi connectivity index (χ4n) is 2.23. The molecule has 2 unspecified atom stereocenters. The van der Waals surface area contributed by atoms with E-state index in [1.165, 1.54) is 0 Å². The Kier molecular flexibility index (Phi) is 5.79. The number of thiazole rings is 1. The fourth-order valence-corrected chi connectivity index (χ4v) is 2.98. The van der Waals surface area contributed by atoms with Gasteiger partial charge >= 0.3 is 5.97 Å². The molecule has 1 N–H and O–H groups in total. The maximum atomic E-state index is 11.3. The van der Waals surface area contributed by atoms with E-state index in [4.69, 9.17) is 9.47 Å². The molecule has 1 fully saturated rings. The molecule has 1 aromatic rings. The molecule has 0 radical (unpaired) electrons. The first-order valence-electron chi connectivity index (χ1n) is 7.14. The molecular formula is C14H22N2O3S. The summed E-state index contributed by atoms with van der Waals surface area (Å²) >= 11 is 1.58. The van der Waals surface area contributed by atoms with E-state index in [-0.39, 0.29) is 5.97 Å². The molecule has 1 aromatic heterocycles. The Morgan fingerprint density at radius 1 is 1.65 bits per heavy atom. The number of rotatable bonds is 7.